The number of benzene rings is 2. The van der Waals surface area contributed by atoms with E-state index in [0.29, 0.717) is 5.13 Å². The Kier molecular flexibility index (Phi) is 3.88. The Morgan fingerprint density at radius 3 is 2.52 bits per heavy atom. The summed E-state index contributed by atoms with van der Waals surface area (Å²) < 4.78 is 0. The quantitative estimate of drug-likeness (QED) is 0.572. The van der Waals surface area contributed by atoms with Gasteiger partial charge in [-0.1, -0.05) is 41.7 Å². The van der Waals surface area contributed by atoms with E-state index >= 15 is 0 Å². The zero-order valence-electron chi connectivity index (χ0n) is 11.0. The summed E-state index contributed by atoms with van der Waals surface area (Å²) in [5.74, 6) is 0.233. The molecule has 2 N–H and O–H groups in total. The topological polar surface area (TPSA) is 70.4 Å². The lowest BCUT2D eigenvalue weighted by Gasteiger charge is -1.94. The monoisotopic (exact) mass is 296 g/mol. The van der Waals surface area contributed by atoms with Gasteiger partial charge in [-0.05, 0) is 29.8 Å². The summed E-state index contributed by atoms with van der Waals surface area (Å²) in [6.07, 6.45) is 1.66. The van der Waals surface area contributed by atoms with Crippen molar-refractivity contribution >= 4 is 22.7 Å². The molecule has 21 heavy (non-hydrogen) atoms. The number of rotatable bonds is 4. The lowest BCUT2D eigenvalue weighted by atomic mass is 10.2. The molecule has 5 nitrogen and oxygen atoms in total. The molecule has 3 rings (SSSR count). The summed E-state index contributed by atoms with van der Waals surface area (Å²) in [5.41, 5.74) is 4.77. The Morgan fingerprint density at radius 1 is 1.00 bits per heavy atom. The fourth-order valence-corrected chi connectivity index (χ4v) is 2.39. The standard InChI is InChI=1S/C15H12N4OS/c20-13-8-6-11(7-9-13)10-16-18-15-19-17-14(21-15)12-4-2-1-3-5-12/h1-10,20H,(H,18,19)/b16-10+. The third kappa shape index (κ3) is 3.43. The van der Waals surface area contributed by atoms with Crippen LogP contribution in [0.1, 0.15) is 5.56 Å². The van der Waals surface area contributed by atoms with E-state index in [0.717, 1.165) is 16.1 Å². The van der Waals surface area contributed by atoms with Crippen molar-refractivity contribution < 1.29 is 5.11 Å². The van der Waals surface area contributed by atoms with E-state index in [1.807, 2.05) is 30.3 Å². The molecule has 0 saturated carbocycles. The van der Waals surface area contributed by atoms with Gasteiger partial charge in [-0.25, -0.2) is 0 Å². The van der Waals surface area contributed by atoms with Crippen LogP contribution in [-0.2, 0) is 0 Å². The maximum Gasteiger partial charge on any atom is 0.226 e. The van der Waals surface area contributed by atoms with Crippen molar-refractivity contribution in [2.24, 2.45) is 5.10 Å². The van der Waals surface area contributed by atoms with Gasteiger partial charge in [0.1, 0.15) is 10.8 Å². The van der Waals surface area contributed by atoms with Crippen molar-refractivity contribution in [1.29, 1.82) is 0 Å². The van der Waals surface area contributed by atoms with Gasteiger partial charge in [-0.2, -0.15) is 5.10 Å². The van der Waals surface area contributed by atoms with Crippen LogP contribution < -0.4 is 5.43 Å². The first-order chi connectivity index (χ1) is 10.3. The zero-order chi connectivity index (χ0) is 14.5. The average Bonchev–Trinajstić information content (AvgIpc) is 2.99. The lowest BCUT2D eigenvalue weighted by molar-refractivity contribution is 0.475. The van der Waals surface area contributed by atoms with E-state index in [4.69, 9.17) is 0 Å². The summed E-state index contributed by atoms with van der Waals surface area (Å²) in [4.78, 5) is 0. The summed E-state index contributed by atoms with van der Waals surface area (Å²) in [7, 11) is 0. The Bertz CT molecular complexity index is 738. The fourth-order valence-electron chi connectivity index (χ4n) is 1.69. The molecular formula is C15H12N4OS. The molecule has 0 aliphatic rings. The minimum absolute atomic E-state index is 0.233. The van der Waals surface area contributed by atoms with Gasteiger partial charge in [0, 0.05) is 5.56 Å². The predicted octanol–water partition coefficient (Wildman–Crippen LogP) is 3.36. The molecule has 1 heterocycles. The van der Waals surface area contributed by atoms with Crippen LogP contribution in [0.15, 0.2) is 59.7 Å². The van der Waals surface area contributed by atoms with Gasteiger partial charge in [0.25, 0.3) is 0 Å². The highest BCUT2D eigenvalue weighted by atomic mass is 32.1. The fraction of sp³-hybridized carbons (Fsp3) is 0. The first kappa shape index (κ1) is 13.3. The summed E-state index contributed by atoms with van der Waals surface area (Å²) in [5, 5.41) is 22.9. The van der Waals surface area contributed by atoms with Crippen molar-refractivity contribution in [1.82, 2.24) is 10.2 Å². The molecule has 3 aromatic rings. The molecular weight excluding hydrogens is 284 g/mol. The molecule has 104 valence electrons. The number of nitrogens with one attached hydrogen (secondary N) is 1. The molecule has 1 aromatic heterocycles. The van der Waals surface area contributed by atoms with Crippen molar-refractivity contribution in [3.05, 3.63) is 60.2 Å². The summed E-state index contributed by atoms with van der Waals surface area (Å²) in [6, 6.07) is 16.6. The van der Waals surface area contributed by atoms with Crippen LogP contribution in [0.4, 0.5) is 5.13 Å². The second kappa shape index (κ2) is 6.15. The van der Waals surface area contributed by atoms with Gasteiger partial charge in [0.2, 0.25) is 5.13 Å². The van der Waals surface area contributed by atoms with E-state index in [1.165, 1.54) is 11.3 Å². The number of hydrogen-bond acceptors (Lipinski definition) is 6. The van der Waals surface area contributed by atoms with Gasteiger partial charge in [0.15, 0.2) is 0 Å². The average molecular weight is 296 g/mol. The SMILES string of the molecule is Oc1ccc(/C=N/Nc2nnc(-c3ccccc3)s2)cc1. The van der Waals surface area contributed by atoms with Crippen LogP contribution in [0.3, 0.4) is 0 Å². The second-order valence-corrected chi connectivity index (χ2v) is 5.22. The van der Waals surface area contributed by atoms with Crippen LogP contribution in [0.25, 0.3) is 10.6 Å². The largest absolute Gasteiger partial charge is 0.508 e. The number of phenolic OH excluding ortho intramolecular Hbond substituents is 1. The third-order valence-electron chi connectivity index (χ3n) is 2.71. The molecule has 0 atom stereocenters. The Balaban J connectivity index is 1.66. The Morgan fingerprint density at radius 2 is 1.76 bits per heavy atom. The third-order valence-corrected chi connectivity index (χ3v) is 3.59. The number of phenols is 1. The molecule has 6 heteroatoms. The van der Waals surface area contributed by atoms with Crippen molar-refractivity contribution in [3.8, 4) is 16.3 Å². The maximum atomic E-state index is 9.19. The van der Waals surface area contributed by atoms with Crippen molar-refractivity contribution in [2.45, 2.75) is 0 Å². The minimum atomic E-state index is 0.233. The molecule has 0 unspecified atom stereocenters. The maximum absolute atomic E-state index is 9.19. The summed E-state index contributed by atoms with van der Waals surface area (Å²) >= 11 is 1.44. The predicted molar refractivity (Wildman–Crippen MR) is 84.7 cm³/mol. The van der Waals surface area contributed by atoms with E-state index in [2.05, 4.69) is 20.7 Å². The zero-order valence-corrected chi connectivity index (χ0v) is 11.8. The molecule has 0 aliphatic heterocycles. The molecule has 2 aromatic carbocycles. The Labute approximate surface area is 125 Å². The van der Waals surface area contributed by atoms with Crippen LogP contribution in [0.5, 0.6) is 5.75 Å². The number of hydrogen-bond donors (Lipinski definition) is 2. The number of aromatic hydroxyl groups is 1. The van der Waals surface area contributed by atoms with E-state index in [-0.39, 0.29) is 5.75 Å². The smallest absolute Gasteiger partial charge is 0.226 e. The first-order valence-corrected chi connectivity index (χ1v) is 7.10. The van der Waals surface area contributed by atoms with Crippen LogP contribution in [0, 0.1) is 0 Å². The molecule has 0 radical (unpaired) electrons. The van der Waals surface area contributed by atoms with Gasteiger partial charge in [0.05, 0.1) is 6.21 Å². The lowest BCUT2D eigenvalue weighted by Crippen LogP contribution is -1.89. The minimum Gasteiger partial charge on any atom is -0.508 e. The number of aromatic nitrogens is 2. The van der Waals surface area contributed by atoms with Gasteiger partial charge >= 0.3 is 0 Å². The first-order valence-electron chi connectivity index (χ1n) is 6.28. The van der Waals surface area contributed by atoms with Gasteiger partial charge in [-0.15, -0.1) is 10.2 Å². The van der Waals surface area contributed by atoms with Crippen LogP contribution in [0.2, 0.25) is 0 Å². The number of nitrogens with zero attached hydrogens (tertiary/aromatic N) is 3. The number of anilines is 1. The van der Waals surface area contributed by atoms with E-state index in [9.17, 15) is 5.11 Å². The molecule has 0 aliphatic carbocycles. The highest BCUT2D eigenvalue weighted by Crippen LogP contribution is 2.25. The van der Waals surface area contributed by atoms with E-state index in [1.54, 1.807) is 30.5 Å². The Hall–Kier alpha value is -2.73. The summed E-state index contributed by atoms with van der Waals surface area (Å²) in [6.45, 7) is 0. The molecule has 0 saturated heterocycles. The molecule has 0 amide bonds. The number of hydrazone groups is 1. The van der Waals surface area contributed by atoms with Crippen molar-refractivity contribution in [2.75, 3.05) is 5.43 Å². The van der Waals surface area contributed by atoms with Gasteiger partial charge < -0.3 is 5.11 Å². The molecule has 0 bridgehead atoms. The second-order valence-electron chi connectivity index (χ2n) is 4.24. The van der Waals surface area contributed by atoms with E-state index < -0.39 is 0 Å². The van der Waals surface area contributed by atoms with Crippen molar-refractivity contribution in [3.63, 3.8) is 0 Å². The molecule has 0 spiro atoms. The highest BCUT2D eigenvalue weighted by Gasteiger charge is 2.04. The highest BCUT2D eigenvalue weighted by molar-refractivity contribution is 7.18. The van der Waals surface area contributed by atoms with Gasteiger partial charge in [-0.3, -0.25) is 5.43 Å². The van der Waals surface area contributed by atoms with Crippen LogP contribution >= 0.6 is 11.3 Å². The normalized spacial score (nSPS) is 10.9. The van der Waals surface area contributed by atoms with Crippen LogP contribution in [-0.4, -0.2) is 21.5 Å². The molecule has 0 fully saturated rings.